The van der Waals surface area contributed by atoms with Crippen molar-refractivity contribution in [3.63, 3.8) is 0 Å². The standard InChI is InChI=1S/C18H16N2OS/c1-11-8-9-16-17(12(11)2)20-10-14(19-18(20)22-16)13-6-4-5-7-15(13)21-3/h4-10H,1-3H3. The fraction of sp³-hybridized carbons (Fsp3) is 0.167. The largest absolute Gasteiger partial charge is 0.496 e. The fourth-order valence-electron chi connectivity index (χ4n) is 2.84. The van der Waals surface area contributed by atoms with Gasteiger partial charge in [0.1, 0.15) is 5.75 Å². The van der Waals surface area contributed by atoms with Crippen molar-refractivity contribution in [2.24, 2.45) is 0 Å². The molecule has 0 radical (unpaired) electrons. The molecule has 0 aliphatic heterocycles. The molecule has 3 nitrogen and oxygen atoms in total. The number of fused-ring (bicyclic) bond motifs is 3. The molecule has 0 spiro atoms. The van der Waals surface area contributed by atoms with E-state index in [-0.39, 0.29) is 0 Å². The lowest BCUT2D eigenvalue weighted by Gasteiger charge is -2.05. The van der Waals surface area contributed by atoms with Gasteiger partial charge in [0.25, 0.3) is 0 Å². The fourth-order valence-corrected chi connectivity index (χ4v) is 3.90. The number of aromatic nitrogens is 2. The summed E-state index contributed by atoms with van der Waals surface area (Å²) >= 11 is 1.72. The number of rotatable bonds is 2. The Morgan fingerprint density at radius 2 is 1.91 bits per heavy atom. The zero-order valence-electron chi connectivity index (χ0n) is 12.8. The lowest BCUT2D eigenvalue weighted by atomic mass is 10.1. The Kier molecular flexibility index (Phi) is 2.94. The van der Waals surface area contributed by atoms with Crippen LogP contribution in [0.5, 0.6) is 5.75 Å². The number of methoxy groups -OCH3 is 1. The van der Waals surface area contributed by atoms with Crippen LogP contribution >= 0.6 is 11.3 Å². The van der Waals surface area contributed by atoms with Crippen LogP contribution in [0.25, 0.3) is 26.4 Å². The van der Waals surface area contributed by atoms with Gasteiger partial charge in [-0.15, -0.1) is 0 Å². The summed E-state index contributed by atoms with van der Waals surface area (Å²) in [4.78, 5) is 5.82. The first kappa shape index (κ1) is 13.3. The van der Waals surface area contributed by atoms with Gasteiger partial charge in [-0.05, 0) is 43.2 Å². The molecule has 4 heteroatoms. The summed E-state index contributed by atoms with van der Waals surface area (Å²) in [6.45, 7) is 4.32. The zero-order valence-corrected chi connectivity index (χ0v) is 13.6. The first-order chi connectivity index (χ1) is 10.7. The van der Waals surface area contributed by atoms with Gasteiger partial charge >= 0.3 is 0 Å². The number of hydrogen-bond acceptors (Lipinski definition) is 3. The van der Waals surface area contributed by atoms with Gasteiger partial charge in [-0.3, -0.25) is 4.40 Å². The molecule has 110 valence electrons. The summed E-state index contributed by atoms with van der Waals surface area (Å²) in [6.07, 6.45) is 2.11. The maximum Gasteiger partial charge on any atom is 0.195 e. The van der Waals surface area contributed by atoms with Crippen LogP contribution in [-0.4, -0.2) is 16.5 Å². The highest BCUT2D eigenvalue weighted by atomic mass is 32.1. The van der Waals surface area contributed by atoms with Gasteiger partial charge in [-0.1, -0.05) is 29.5 Å². The predicted molar refractivity (Wildman–Crippen MR) is 92.0 cm³/mol. The van der Waals surface area contributed by atoms with Gasteiger partial charge < -0.3 is 4.74 Å². The number of aryl methyl sites for hydroxylation is 2. The average Bonchev–Trinajstić information content (AvgIpc) is 3.08. The highest BCUT2D eigenvalue weighted by molar-refractivity contribution is 7.23. The molecule has 0 fully saturated rings. The van der Waals surface area contributed by atoms with Crippen molar-refractivity contribution in [2.75, 3.05) is 7.11 Å². The monoisotopic (exact) mass is 308 g/mol. The molecule has 0 atom stereocenters. The molecular weight excluding hydrogens is 292 g/mol. The van der Waals surface area contributed by atoms with E-state index in [0.717, 1.165) is 22.0 Å². The summed E-state index contributed by atoms with van der Waals surface area (Å²) in [7, 11) is 1.69. The van der Waals surface area contributed by atoms with Gasteiger partial charge in [0, 0.05) is 11.8 Å². The zero-order chi connectivity index (χ0) is 15.3. The lowest BCUT2D eigenvalue weighted by Crippen LogP contribution is -1.87. The van der Waals surface area contributed by atoms with Gasteiger partial charge in [0.05, 0.1) is 23.0 Å². The molecule has 2 aromatic heterocycles. The van der Waals surface area contributed by atoms with Crippen LogP contribution in [0.4, 0.5) is 0 Å². The Bertz CT molecular complexity index is 997. The Morgan fingerprint density at radius 3 is 2.73 bits per heavy atom. The molecular formula is C18H16N2OS. The second kappa shape index (κ2) is 4.85. The lowest BCUT2D eigenvalue weighted by molar-refractivity contribution is 0.416. The number of thiazole rings is 1. The second-order valence-electron chi connectivity index (χ2n) is 5.44. The SMILES string of the molecule is COc1ccccc1-c1cn2c(n1)sc1ccc(C)c(C)c12. The molecule has 0 aliphatic rings. The Labute approximate surface area is 132 Å². The average molecular weight is 308 g/mol. The Morgan fingerprint density at radius 1 is 1.09 bits per heavy atom. The first-order valence-electron chi connectivity index (χ1n) is 7.20. The maximum atomic E-state index is 5.46. The van der Waals surface area contributed by atoms with Crippen molar-refractivity contribution in [2.45, 2.75) is 13.8 Å². The van der Waals surface area contributed by atoms with Crippen molar-refractivity contribution < 1.29 is 4.74 Å². The van der Waals surface area contributed by atoms with E-state index < -0.39 is 0 Å². The second-order valence-corrected chi connectivity index (χ2v) is 6.44. The van der Waals surface area contributed by atoms with Crippen LogP contribution < -0.4 is 4.74 Å². The Hall–Kier alpha value is -2.33. The van der Waals surface area contributed by atoms with E-state index in [1.807, 2.05) is 24.3 Å². The summed E-state index contributed by atoms with van der Waals surface area (Å²) < 4.78 is 8.93. The summed E-state index contributed by atoms with van der Waals surface area (Å²) in [6, 6.07) is 12.4. The van der Waals surface area contributed by atoms with Gasteiger partial charge in [-0.25, -0.2) is 4.98 Å². The van der Waals surface area contributed by atoms with Crippen molar-refractivity contribution in [1.82, 2.24) is 9.38 Å². The minimum absolute atomic E-state index is 0.852. The van der Waals surface area contributed by atoms with Crippen molar-refractivity contribution >= 4 is 26.5 Å². The molecule has 0 unspecified atom stereocenters. The van der Waals surface area contributed by atoms with E-state index in [1.54, 1.807) is 18.4 Å². The van der Waals surface area contributed by atoms with Crippen molar-refractivity contribution in [3.05, 3.63) is 53.7 Å². The highest BCUT2D eigenvalue weighted by Gasteiger charge is 2.14. The smallest absolute Gasteiger partial charge is 0.195 e. The minimum Gasteiger partial charge on any atom is -0.496 e. The number of imidazole rings is 1. The number of benzene rings is 2. The first-order valence-corrected chi connectivity index (χ1v) is 8.02. The summed E-state index contributed by atoms with van der Waals surface area (Å²) in [5.41, 5.74) is 5.85. The van der Waals surface area contributed by atoms with E-state index in [4.69, 9.17) is 9.72 Å². The van der Waals surface area contributed by atoms with Gasteiger partial charge in [0.15, 0.2) is 4.96 Å². The van der Waals surface area contributed by atoms with Crippen LogP contribution in [0.2, 0.25) is 0 Å². The van der Waals surface area contributed by atoms with E-state index >= 15 is 0 Å². The third-order valence-electron chi connectivity index (χ3n) is 4.16. The molecule has 4 aromatic rings. The molecule has 0 amide bonds. The molecule has 0 N–H and O–H groups in total. The van der Waals surface area contributed by atoms with Gasteiger partial charge in [0.2, 0.25) is 0 Å². The molecule has 2 heterocycles. The van der Waals surface area contributed by atoms with Crippen LogP contribution in [0, 0.1) is 13.8 Å². The van der Waals surface area contributed by atoms with Crippen LogP contribution in [-0.2, 0) is 0 Å². The molecule has 0 saturated heterocycles. The number of nitrogens with zero attached hydrogens (tertiary/aromatic N) is 2. The molecule has 0 aliphatic carbocycles. The third-order valence-corrected chi connectivity index (χ3v) is 5.18. The van der Waals surface area contributed by atoms with E-state index in [0.29, 0.717) is 0 Å². The summed E-state index contributed by atoms with van der Waals surface area (Å²) in [5, 5.41) is 0. The molecule has 22 heavy (non-hydrogen) atoms. The van der Waals surface area contributed by atoms with E-state index in [2.05, 4.69) is 36.6 Å². The molecule has 4 rings (SSSR count). The number of para-hydroxylation sites is 1. The summed E-state index contributed by atoms with van der Waals surface area (Å²) in [5.74, 6) is 0.852. The molecule has 0 saturated carbocycles. The molecule has 0 bridgehead atoms. The van der Waals surface area contributed by atoms with Crippen LogP contribution in [0.15, 0.2) is 42.6 Å². The molecule has 2 aromatic carbocycles. The Balaban J connectivity index is 2.00. The van der Waals surface area contributed by atoms with Gasteiger partial charge in [-0.2, -0.15) is 0 Å². The highest BCUT2D eigenvalue weighted by Crippen LogP contribution is 2.34. The predicted octanol–water partition coefficient (Wildman–Crippen LogP) is 4.84. The number of hydrogen-bond donors (Lipinski definition) is 0. The third kappa shape index (κ3) is 1.84. The van der Waals surface area contributed by atoms with Crippen LogP contribution in [0.1, 0.15) is 11.1 Å². The van der Waals surface area contributed by atoms with Crippen LogP contribution in [0.3, 0.4) is 0 Å². The van der Waals surface area contributed by atoms with Crippen molar-refractivity contribution in [3.8, 4) is 17.0 Å². The van der Waals surface area contributed by atoms with E-state index in [1.165, 1.54) is 21.3 Å². The minimum atomic E-state index is 0.852. The topological polar surface area (TPSA) is 26.5 Å². The van der Waals surface area contributed by atoms with E-state index in [9.17, 15) is 0 Å². The normalized spacial score (nSPS) is 11.4. The maximum absolute atomic E-state index is 5.46. The quantitative estimate of drug-likeness (QED) is 0.529. The number of ether oxygens (including phenoxy) is 1. The van der Waals surface area contributed by atoms with Crippen molar-refractivity contribution in [1.29, 1.82) is 0 Å².